The highest BCUT2D eigenvalue weighted by molar-refractivity contribution is 9.10. The molecule has 2 heteroatoms. The van der Waals surface area contributed by atoms with Crippen molar-refractivity contribution in [2.45, 2.75) is 19.1 Å². The van der Waals surface area contributed by atoms with E-state index in [9.17, 15) is 5.26 Å². The predicted octanol–water partition coefficient (Wildman–Crippen LogP) is 3.25. The first kappa shape index (κ1) is 2.59. The lowest BCUT2D eigenvalue weighted by atomic mass is 9.87. The Balaban J connectivity index is 4.11. The van der Waals surface area contributed by atoms with Gasteiger partial charge in [-0.15, -0.1) is 0 Å². The van der Waals surface area contributed by atoms with Gasteiger partial charge < -0.3 is 0 Å². The van der Waals surface area contributed by atoms with Gasteiger partial charge in [0, 0.05) is 12.7 Å². The summed E-state index contributed by atoms with van der Waals surface area (Å²) in [6.07, 6.45) is 0. The summed E-state index contributed by atoms with van der Waals surface area (Å²) in [5.41, 5.74) is -4.12. The first-order valence-corrected chi connectivity index (χ1v) is 3.71. The van der Waals surface area contributed by atoms with E-state index in [1.165, 1.54) is 6.07 Å². The highest BCUT2D eigenvalue weighted by Gasteiger charge is 2.18. The van der Waals surface area contributed by atoms with Gasteiger partial charge in [0.1, 0.15) is 0 Å². The number of hydrogen-bond donors (Lipinski definition) is 0. The second-order valence-electron chi connectivity index (χ2n) is 2.05. The highest BCUT2D eigenvalue weighted by atomic mass is 79.9. The van der Waals surface area contributed by atoms with E-state index in [0.29, 0.717) is 0 Å². The van der Waals surface area contributed by atoms with E-state index < -0.39 is 48.9 Å². The summed E-state index contributed by atoms with van der Waals surface area (Å²) >= 11 is 2.83. The van der Waals surface area contributed by atoms with Crippen molar-refractivity contribution in [2.24, 2.45) is 0 Å². The van der Waals surface area contributed by atoms with Crippen molar-refractivity contribution in [1.29, 1.82) is 5.26 Å². The van der Waals surface area contributed by atoms with Crippen LogP contribution < -0.4 is 0 Å². The van der Waals surface area contributed by atoms with Crippen LogP contribution in [0.1, 0.15) is 33.0 Å². The van der Waals surface area contributed by atoms with Gasteiger partial charge in [0.15, 0.2) is 0 Å². The molecule has 1 aromatic carbocycles. The fraction of sp³-hybridized carbons (Fsp3) is 0.300. The van der Waals surface area contributed by atoms with Crippen molar-refractivity contribution in [3.63, 3.8) is 0 Å². The van der Waals surface area contributed by atoms with Gasteiger partial charge in [-0.3, -0.25) is 0 Å². The third kappa shape index (κ3) is 1.86. The van der Waals surface area contributed by atoms with Crippen molar-refractivity contribution < 1.29 is 13.7 Å². The number of nitriles is 1. The zero-order chi connectivity index (χ0) is 17.7. The monoisotopic (exact) mass is 233 g/mol. The first-order valence-electron chi connectivity index (χ1n) is 7.91. The molecule has 1 nitrogen and oxygen atoms in total. The molecule has 0 unspecified atom stereocenters. The lowest BCUT2D eigenvalue weighted by Crippen LogP contribution is -2.13. The van der Waals surface area contributed by atoms with Crippen LogP contribution in [0.2, 0.25) is 0 Å². The molecule has 0 aliphatic rings. The van der Waals surface area contributed by atoms with Crippen molar-refractivity contribution in [3.8, 4) is 6.07 Å². The quantitative estimate of drug-likeness (QED) is 0.731. The molecule has 0 atom stereocenters. The SMILES string of the molecule is [2H]c1c([2H])c(C(C#N)(C([2H])([2H])[2H])C([2H])([2H])[2H])c([2H])c([2H])c1Br. The standard InChI is InChI=1S/C10H10BrN/c1-10(2,7-12)8-3-5-9(11)6-4-8/h3-6H,1-2H3/i1D3,2D3,3D,4D,5D,6D. The largest absolute Gasteiger partial charge is 0.197 e. The van der Waals surface area contributed by atoms with Crippen LogP contribution in [0.25, 0.3) is 0 Å². The number of halogens is 1. The molecule has 0 N–H and O–H groups in total. The Morgan fingerprint density at radius 1 is 1.50 bits per heavy atom. The average Bonchev–Trinajstić information content (AvgIpc) is 2.36. The maximum absolute atomic E-state index is 9.33. The van der Waals surface area contributed by atoms with Gasteiger partial charge >= 0.3 is 0 Å². The molecule has 0 spiro atoms. The third-order valence-electron chi connectivity index (χ3n) is 1.14. The second kappa shape index (κ2) is 3.28. The van der Waals surface area contributed by atoms with Crippen molar-refractivity contribution >= 4 is 15.9 Å². The Morgan fingerprint density at radius 3 is 2.50 bits per heavy atom. The number of benzene rings is 1. The molecule has 0 bridgehead atoms. The molecule has 0 radical (unpaired) electrons. The van der Waals surface area contributed by atoms with Gasteiger partial charge in [0.05, 0.1) is 17.0 Å². The van der Waals surface area contributed by atoms with Crippen LogP contribution in [-0.2, 0) is 5.41 Å². The molecule has 0 aliphatic heterocycles. The van der Waals surface area contributed by atoms with Crippen LogP contribution in [0.15, 0.2) is 28.6 Å². The molecule has 62 valence electrons. The predicted molar refractivity (Wildman–Crippen MR) is 52.8 cm³/mol. The minimum atomic E-state index is -3.38. The first-order chi connectivity index (χ1) is 9.74. The van der Waals surface area contributed by atoms with E-state index in [1.54, 1.807) is 0 Å². The topological polar surface area (TPSA) is 23.8 Å². The van der Waals surface area contributed by atoms with Gasteiger partial charge in [0.2, 0.25) is 0 Å². The third-order valence-corrected chi connectivity index (χ3v) is 1.53. The molecule has 0 aromatic heterocycles. The zero-order valence-corrected chi connectivity index (χ0v) is 7.41. The van der Waals surface area contributed by atoms with Crippen LogP contribution in [0, 0.1) is 11.3 Å². The van der Waals surface area contributed by atoms with E-state index in [2.05, 4.69) is 15.9 Å². The fourth-order valence-electron chi connectivity index (χ4n) is 0.541. The van der Waals surface area contributed by atoms with Gasteiger partial charge in [-0.05, 0) is 31.4 Å². The Hall–Kier alpha value is -0.810. The normalized spacial score (nSPS) is 25.0. The maximum Gasteiger partial charge on any atom is 0.0766 e. The van der Waals surface area contributed by atoms with E-state index in [0.717, 1.165) is 0 Å². The minimum Gasteiger partial charge on any atom is -0.197 e. The van der Waals surface area contributed by atoms with E-state index in [-0.39, 0.29) is 4.47 Å². The molecule has 0 fully saturated rings. The fourth-order valence-corrected chi connectivity index (χ4v) is 0.739. The summed E-state index contributed by atoms with van der Waals surface area (Å²) in [6.45, 7) is -6.77. The summed E-state index contributed by atoms with van der Waals surface area (Å²) in [5, 5.41) is 9.33. The molecule has 1 aromatic rings. The number of rotatable bonds is 1. The van der Waals surface area contributed by atoms with Gasteiger partial charge in [-0.2, -0.15) is 5.26 Å². The summed E-state index contributed by atoms with van der Waals surface area (Å²) in [5.74, 6) is 0. The van der Waals surface area contributed by atoms with Gasteiger partial charge in [-0.1, -0.05) is 28.0 Å². The molecule has 0 amide bonds. The average molecular weight is 234 g/mol. The van der Waals surface area contributed by atoms with Crippen LogP contribution in [0.3, 0.4) is 0 Å². The summed E-state index contributed by atoms with van der Waals surface area (Å²) in [6, 6.07) is -1.82. The molecular formula is C10H10BrN. The smallest absolute Gasteiger partial charge is 0.0766 e. The molecule has 0 heterocycles. The van der Waals surface area contributed by atoms with Crippen molar-refractivity contribution in [1.82, 2.24) is 0 Å². The number of hydrogen-bond acceptors (Lipinski definition) is 1. The maximum atomic E-state index is 9.33. The number of nitrogens with zero attached hydrogens (tertiary/aromatic N) is 1. The highest BCUT2D eigenvalue weighted by Crippen LogP contribution is 2.23. The van der Waals surface area contributed by atoms with Crippen molar-refractivity contribution in [3.05, 3.63) is 34.2 Å². The van der Waals surface area contributed by atoms with Gasteiger partial charge in [-0.25, -0.2) is 0 Å². The Bertz CT molecular complexity index is 611. The molecular weight excluding hydrogens is 214 g/mol. The van der Waals surface area contributed by atoms with E-state index >= 15 is 0 Å². The minimum absolute atomic E-state index is 0.242. The lowest BCUT2D eigenvalue weighted by molar-refractivity contribution is 0.687. The second-order valence-corrected chi connectivity index (χ2v) is 2.84. The Kier molecular flexibility index (Phi) is 0.708. The van der Waals surface area contributed by atoms with Crippen molar-refractivity contribution in [2.75, 3.05) is 0 Å². The zero-order valence-electron chi connectivity index (χ0n) is 15.8. The summed E-state index contributed by atoms with van der Waals surface area (Å²) in [4.78, 5) is 0. The summed E-state index contributed by atoms with van der Waals surface area (Å²) in [7, 11) is 0. The summed E-state index contributed by atoms with van der Waals surface area (Å²) < 4.78 is 75.6. The van der Waals surface area contributed by atoms with E-state index in [1.807, 2.05) is 0 Å². The molecule has 0 saturated heterocycles. The Labute approximate surface area is 95.2 Å². The molecule has 0 aliphatic carbocycles. The molecule has 1 rings (SSSR count). The van der Waals surface area contributed by atoms with Crippen LogP contribution in [0.5, 0.6) is 0 Å². The van der Waals surface area contributed by atoms with Crippen LogP contribution in [-0.4, -0.2) is 0 Å². The molecule has 0 saturated carbocycles. The lowest BCUT2D eigenvalue weighted by Gasteiger charge is -2.15. The van der Waals surface area contributed by atoms with Crippen LogP contribution >= 0.6 is 15.9 Å². The Morgan fingerprint density at radius 2 is 2.08 bits per heavy atom. The molecule has 12 heavy (non-hydrogen) atoms. The van der Waals surface area contributed by atoms with E-state index in [4.69, 9.17) is 13.7 Å². The van der Waals surface area contributed by atoms with Crippen LogP contribution in [0.4, 0.5) is 0 Å². The van der Waals surface area contributed by atoms with Gasteiger partial charge in [0.25, 0.3) is 0 Å².